The van der Waals surface area contributed by atoms with Crippen molar-refractivity contribution in [1.29, 1.82) is 0 Å². The van der Waals surface area contributed by atoms with Gasteiger partial charge in [-0.1, -0.05) is 19.1 Å². The van der Waals surface area contributed by atoms with E-state index in [1.807, 2.05) is 30.0 Å². The van der Waals surface area contributed by atoms with Crippen LogP contribution in [0.2, 0.25) is 0 Å². The first-order valence-corrected chi connectivity index (χ1v) is 6.95. The third-order valence-corrected chi connectivity index (χ3v) is 3.57. The molecule has 0 unspecified atom stereocenters. The summed E-state index contributed by atoms with van der Waals surface area (Å²) in [5, 5.41) is 9.05. The van der Waals surface area contributed by atoms with Crippen molar-refractivity contribution in [3.63, 3.8) is 0 Å². The molecule has 5 nitrogen and oxygen atoms in total. The van der Waals surface area contributed by atoms with Crippen molar-refractivity contribution in [2.24, 2.45) is 0 Å². The maximum Gasteiger partial charge on any atom is 0.317 e. The molecule has 0 spiro atoms. The Morgan fingerprint density at radius 2 is 2.15 bits per heavy atom. The van der Waals surface area contributed by atoms with Crippen LogP contribution in [0, 0.1) is 0 Å². The number of carbonyl (C=O) groups is 1. The fourth-order valence-electron chi connectivity index (χ4n) is 2.28. The summed E-state index contributed by atoms with van der Waals surface area (Å²) in [5.41, 5.74) is 0.976. The largest absolute Gasteiger partial charge is 0.486 e. The Balaban J connectivity index is 2.19. The highest BCUT2D eigenvalue weighted by Gasteiger charge is 2.21. The van der Waals surface area contributed by atoms with Gasteiger partial charge in [-0.2, -0.15) is 0 Å². The third kappa shape index (κ3) is 3.42. The van der Waals surface area contributed by atoms with E-state index in [2.05, 4.69) is 6.92 Å². The van der Waals surface area contributed by atoms with Gasteiger partial charge in [0.2, 0.25) is 0 Å². The molecule has 0 fully saturated rings. The van der Waals surface area contributed by atoms with Gasteiger partial charge in [-0.05, 0) is 19.4 Å². The molecule has 1 aliphatic heterocycles. The predicted octanol–water partition coefficient (Wildman–Crippen LogP) is 2.14. The van der Waals surface area contributed by atoms with Crippen LogP contribution in [0.3, 0.4) is 0 Å². The molecule has 1 N–H and O–H groups in total. The van der Waals surface area contributed by atoms with E-state index in [9.17, 15) is 4.79 Å². The van der Waals surface area contributed by atoms with E-state index < -0.39 is 5.97 Å². The van der Waals surface area contributed by atoms with Crippen LogP contribution in [0.5, 0.6) is 11.5 Å². The fourth-order valence-corrected chi connectivity index (χ4v) is 2.28. The quantitative estimate of drug-likeness (QED) is 0.864. The Hall–Kier alpha value is -1.75. The van der Waals surface area contributed by atoms with E-state index in [0.29, 0.717) is 19.8 Å². The number of ether oxygens (including phenoxy) is 2. The zero-order valence-electron chi connectivity index (χ0n) is 12.0. The molecule has 0 aromatic heterocycles. The minimum atomic E-state index is -0.813. The van der Waals surface area contributed by atoms with E-state index >= 15 is 0 Å². The molecular weight excluding hydrogens is 258 g/mol. The van der Waals surface area contributed by atoms with Gasteiger partial charge in [0.25, 0.3) is 0 Å². The molecule has 1 aliphatic rings. The predicted molar refractivity (Wildman–Crippen MR) is 75.2 cm³/mol. The number of para-hydroxylation sites is 1. The van der Waals surface area contributed by atoms with Crippen LogP contribution in [-0.2, 0) is 11.3 Å². The molecule has 1 aromatic carbocycles. The van der Waals surface area contributed by atoms with E-state index in [-0.39, 0.29) is 12.6 Å². The second-order valence-electron chi connectivity index (χ2n) is 5.00. The topological polar surface area (TPSA) is 59.0 Å². The maximum absolute atomic E-state index is 11.0. The average Bonchev–Trinajstić information content (AvgIpc) is 2.45. The van der Waals surface area contributed by atoms with Crippen molar-refractivity contribution in [3.05, 3.63) is 23.8 Å². The van der Waals surface area contributed by atoms with Gasteiger partial charge in [0.05, 0.1) is 6.54 Å². The van der Waals surface area contributed by atoms with E-state index in [1.54, 1.807) is 0 Å². The van der Waals surface area contributed by atoms with Crippen molar-refractivity contribution in [2.45, 2.75) is 32.9 Å². The summed E-state index contributed by atoms with van der Waals surface area (Å²) in [7, 11) is 0. The highest BCUT2D eigenvalue weighted by atomic mass is 16.6. The van der Waals surface area contributed by atoms with Crippen molar-refractivity contribution >= 4 is 5.97 Å². The molecule has 110 valence electrons. The number of carboxylic acid groups (broad SMARTS) is 1. The minimum absolute atomic E-state index is 0.0273. The van der Waals surface area contributed by atoms with Crippen LogP contribution in [0.4, 0.5) is 0 Å². The summed E-state index contributed by atoms with van der Waals surface area (Å²) in [6, 6.07) is 5.96. The molecule has 5 heteroatoms. The highest BCUT2D eigenvalue weighted by molar-refractivity contribution is 5.69. The summed E-state index contributed by atoms with van der Waals surface area (Å²) < 4.78 is 11.2. The maximum atomic E-state index is 11.0. The number of hydrogen-bond acceptors (Lipinski definition) is 4. The summed E-state index contributed by atoms with van der Waals surface area (Å²) in [6.07, 6.45) is 0.902. The molecule has 1 aromatic rings. The number of benzene rings is 1. The zero-order chi connectivity index (χ0) is 14.5. The van der Waals surface area contributed by atoms with Crippen molar-refractivity contribution in [3.8, 4) is 11.5 Å². The van der Waals surface area contributed by atoms with E-state index in [1.165, 1.54) is 0 Å². The van der Waals surface area contributed by atoms with Gasteiger partial charge in [0.15, 0.2) is 11.5 Å². The Morgan fingerprint density at radius 3 is 2.85 bits per heavy atom. The number of fused-ring (bicyclic) bond motifs is 1. The number of nitrogens with zero attached hydrogens (tertiary/aromatic N) is 1. The summed E-state index contributed by atoms with van der Waals surface area (Å²) >= 11 is 0. The van der Waals surface area contributed by atoms with Crippen LogP contribution in [0.15, 0.2) is 18.2 Å². The highest BCUT2D eigenvalue weighted by Crippen LogP contribution is 2.34. The van der Waals surface area contributed by atoms with Crippen molar-refractivity contribution < 1.29 is 19.4 Å². The number of carboxylic acids is 1. The number of rotatable bonds is 6. The van der Waals surface area contributed by atoms with Gasteiger partial charge in [0, 0.05) is 18.2 Å². The standard InChI is InChI=1S/C15H21NO4/c1-3-11(2)16(10-14(17)18)9-12-5-4-6-13-15(12)20-8-7-19-13/h4-6,11H,3,7-10H2,1-2H3,(H,17,18)/t11-/m0/s1. The lowest BCUT2D eigenvalue weighted by atomic mass is 10.1. The average molecular weight is 279 g/mol. The Labute approximate surface area is 119 Å². The lowest BCUT2D eigenvalue weighted by Gasteiger charge is -2.28. The van der Waals surface area contributed by atoms with E-state index in [0.717, 1.165) is 23.5 Å². The second kappa shape index (κ2) is 6.61. The molecule has 0 radical (unpaired) electrons. The van der Waals surface area contributed by atoms with Crippen LogP contribution < -0.4 is 9.47 Å². The third-order valence-electron chi connectivity index (χ3n) is 3.57. The zero-order valence-corrected chi connectivity index (χ0v) is 12.0. The van der Waals surface area contributed by atoms with Crippen LogP contribution >= 0.6 is 0 Å². The van der Waals surface area contributed by atoms with Crippen LogP contribution in [0.25, 0.3) is 0 Å². The molecule has 0 saturated heterocycles. The van der Waals surface area contributed by atoms with Crippen LogP contribution in [-0.4, -0.2) is 41.8 Å². The van der Waals surface area contributed by atoms with Crippen molar-refractivity contribution in [2.75, 3.05) is 19.8 Å². The lowest BCUT2D eigenvalue weighted by Crippen LogP contribution is -2.36. The molecule has 0 saturated carbocycles. The van der Waals surface area contributed by atoms with Gasteiger partial charge >= 0.3 is 5.97 Å². The molecular formula is C15H21NO4. The van der Waals surface area contributed by atoms with Gasteiger partial charge < -0.3 is 14.6 Å². The molecule has 1 atom stereocenters. The molecule has 0 aliphatic carbocycles. The first-order valence-electron chi connectivity index (χ1n) is 6.95. The van der Waals surface area contributed by atoms with Gasteiger partial charge in [-0.3, -0.25) is 9.69 Å². The normalized spacial score (nSPS) is 15.2. The van der Waals surface area contributed by atoms with Crippen LogP contribution in [0.1, 0.15) is 25.8 Å². The lowest BCUT2D eigenvalue weighted by molar-refractivity contribution is -0.139. The molecule has 0 bridgehead atoms. The Morgan fingerprint density at radius 1 is 1.40 bits per heavy atom. The summed E-state index contributed by atoms with van der Waals surface area (Å²) in [4.78, 5) is 13.0. The first-order chi connectivity index (χ1) is 9.61. The van der Waals surface area contributed by atoms with Gasteiger partial charge in [0.1, 0.15) is 13.2 Å². The minimum Gasteiger partial charge on any atom is -0.486 e. The Bertz CT molecular complexity index is 475. The molecule has 1 heterocycles. The second-order valence-corrected chi connectivity index (χ2v) is 5.00. The summed E-state index contributed by atoms with van der Waals surface area (Å²) in [6.45, 7) is 5.76. The molecule has 20 heavy (non-hydrogen) atoms. The van der Waals surface area contributed by atoms with Gasteiger partial charge in [-0.15, -0.1) is 0 Å². The van der Waals surface area contributed by atoms with Crippen molar-refractivity contribution in [1.82, 2.24) is 4.90 Å². The molecule has 0 amide bonds. The molecule has 2 rings (SSSR count). The SMILES string of the molecule is CC[C@H](C)N(CC(=O)O)Cc1cccc2c1OCCO2. The first kappa shape index (κ1) is 14.7. The van der Waals surface area contributed by atoms with Gasteiger partial charge in [-0.25, -0.2) is 0 Å². The Kier molecular flexibility index (Phi) is 4.84. The smallest absolute Gasteiger partial charge is 0.317 e. The summed E-state index contributed by atoms with van der Waals surface area (Å²) in [5.74, 6) is 0.679. The monoisotopic (exact) mass is 279 g/mol. The number of hydrogen-bond donors (Lipinski definition) is 1. The number of aliphatic carboxylic acids is 1. The van der Waals surface area contributed by atoms with E-state index in [4.69, 9.17) is 14.6 Å². The fraction of sp³-hybridized carbons (Fsp3) is 0.533.